The van der Waals surface area contributed by atoms with E-state index < -0.39 is 0 Å². The van der Waals surface area contributed by atoms with Crippen LogP contribution >= 0.6 is 0 Å². The first-order valence-electron chi connectivity index (χ1n) is 5.77. The van der Waals surface area contributed by atoms with Crippen LogP contribution in [0.1, 0.15) is 24.4 Å². The minimum Gasteiger partial charge on any atom is -0.408 e. The van der Waals surface area contributed by atoms with E-state index >= 15 is 0 Å². The molecule has 2 heterocycles. The highest BCUT2D eigenvalue weighted by molar-refractivity contribution is 5.39. The van der Waals surface area contributed by atoms with Crippen LogP contribution in [-0.4, -0.2) is 13.1 Å². The highest BCUT2D eigenvalue weighted by atomic mass is 19.1. The van der Waals surface area contributed by atoms with Crippen LogP contribution < -0.4 is 15.6 Å². The molecule has 2 aliphatic heterocycles. The summed E-state index contributed by atoms with van der Waals surface area (Å²) in [4.78, 5) is 5.33. The third kappa shape index (κ3) is 1.68. The number of hydroxylamine groups is 1. The Labute approximate surface area is 93.9 Å². The zero-order valence-electron chi connectivity index (χ0n) is 9.00. The van der Waals surface area contributed by atoms with Crippen molar-refractivity contribution in [2.45, 2.75) is 18.9 Å². The molecule has 1 aromatic rings. The van der Waals surface area contributed by atoms with E-state index in [1.807, 2.05) is 6.07 Å². The van der Waals surface area contributed by atoms with Gasteiger partial charge in [-0.3, -0.25) is 0 Å². The first kappa shape index (κ1) is 10.1. The molecule has 1 aromatic carbocycles. The van der Waals surface area contributed by atoms with Gasteiger partial charge in [0.05, 0.1) is 6.04 Å². The van der Waals surface area contributed by atoms with Gasteiger partial charge in [0, 0.05) is 11.6 Å². The van der Waals surface area contributed by atoms with E-state index in [1.165, 1.54) is 12.1 Å². The Morgan fingerprint density at radius 2 is 2.06 bits per heavy atom. The average Bonchev–Trinajstić information content (AvgIpc) is 2.73. The highest BCUT2D eigenvalue weighted by Gasteiger charge is 2.32. The number of hydrogen-bond acceptors (Lipinski definition) is 3. The fourth-order valence-corrected chi connectivity index (χ4v) is 2.57. The van der Waals surface area contributed by atoms with E-state index in [4.69, 9.17) is 4.84 Å². The van der Waals surface area contributed by atoms with Gasteiger partial charge < -0.3 is 10.2 Å². The molecule has 0 amide bonds. The molecule has 1 fully saturated rings. The zero-order chi connectivity index (χ0) is 11.0. The molecule has 1 saturated heterocycles. The van der Waals surface area contributed by atoms with Crippen molar-refractivity contribution in [1.29, 1.82) is 0 Å². The fraction of sp³-hybridized carbons (Fsp3) is 0.500. The van der Waals surface area contributed by atoms with Crippen molar-refractivity contribution >= 4 is 0 Å². The SMILES string of the molecule is Fc1ccc2c(c1)ONC2C1CCNCC1. The second-order valence-corrected chi connectivity index (χ2v) is 4.47. The largest absolute Gasteiger partial charge is 0.408 e. The van der Waals surface area contributed by atoms with Crippen LogP contribution in [0.2, 0.25) is 0 Å². The monoisotopic (exact) mass is 222 g/mol. The van der Waals surface area contributed by atoms with Gasteiger partial charge in [0.15, 0.2) is 5.75 Å². The van der Waals surface area contributed by atoms with Gasteiger partial charge in [0.2, 0.25) is 0 Å². The molecule has 0 aromatic heterocycles. The Balaban J connectivity index is 1.84. The van der Waals surface area contributed by atoms with Gasteiger partial charge in [-0.1, -0.05) is 6.07 Å². The summed E-state index contributed by atoms with van der Waals surface area (Å²) in [6.45, 7) is 2.11. The van der Waals surface area contributed by atoms with Crippen LogP contribution in [-0.2, 0) is 0 Å². The molecule has 86 valence electrons. The Kier molecular flexibility index (Phi) is 2.53. The van der Waals surface area contributed by atoms with Crippen LogP contribution in [0.3, 0.4) is 0 Å². The third-order valence-corrected chi connectivity index (χ3v) is 3.46. The molecule has 0 radical (unpaired) electrons. The molecule has 0 aliphatic carbocycles. The number of hydrogen-bond donors (Lipinski definition) is 2. The van der Waals surface area contributed by atoms with Crippen molar-refractivity contribution in [3.63, 3.8) is 0 Å². The van der Waals surface area contributed by atoms with Crippen LogP contribution in [0.4, 0.5) is 4.39 Å². The minimum atomic E-state index is -0.244. The van der Waals surface area contributed by atoms with Crippen molar-refractivity contribution in [2.75, 3.05) is 13.1 Å². The van der Waals surface area contributed by atoms with E-state index in [2.05, 4.69) is 10.8 Å². The molecule has 16 heavy (non-hydrogen) atoms. The van der Waals surface area contributed by atoms with Crippen molar-refractivity contribution in [1.82, 2.24) is 10.8 Å². The van der Waals surface area contributed by atoms with E-state index in [-0.39, 0.29) is 11.9 Å². The summed E-state index contributed by atoms with van der Waals surface area (Å²) in [5.41, 5.74) is 4.12. The van der Waals surface area contributed by atoms with Crippen LogP contribution in [0, 0.1) is 11.7 Å². The maximum atomic E-state index is 13.0. The number of piperidine rings is 1. The van der Waals surface area contributed by atoms with Gasteiger partial charge in [-0.05, 0) is 37.9 Å². The van der Waals surface area contributed by atoms with E-state index in [1.54, 1.807) is 0 Å². The van der Waals surface area contributed by atoms with Crippen molar-refractivity contribution < 1.29 is 9.23 Å². The second kappa shape index (κ2) is 4.03. The highest BCUT2D eigenvalue weighted by Crippen LogP contribution is 2.38. The molecule has 0 bridgehead atoms. The van der Waals surface area contributed by atoms with Gasteiger partial charge in [-0.15, -0.1) is 5.48 Å². The van der Waals surface area contributed by atoms with Crippen LogP contribution in [0.15, 0.2) is 18.2 Å². The molecule has 1 unspecified atom stereocenters. The number of rotatable bonds is 1. The topological polar surface area (TPSA) is 33.3 Å². The third-order valence-electron chi connectivity index (χ3n) is 3.46. The maximum absolute atomic E-state index is 13.0. The van der Waals surface area contributed by atoms with Gasteiger partial charge in [-0.2, -0.15) is 0 Å². The molecular formula is C12H15FN2O. The van der Waals surface area contributed by atoms with Gasteiger partial charge in [0.25, 0.3) is 0 Å². The van der Waals surface area contributed by atoms with E-state index in [9.17, 15) is 4.39 Å². The number of nitrogens with one attached hydrogen (secondary N) is 2. The summed E-state index contributed by atoms with van der Waals surface area (Å²) in [5, 5.41) is 3.34. The molecular weight excluding hydrogens is 207 g/mol. The van der Waals surface area contributed by atoms with Crippen LogP contribution in [0.25, 0.3) is 0 Å². The predicted octanol–water partition coefficient (Wildman–Crippen LogP) is 1.76. The maximum Gasteiger partial charge on any atom is 0.155 e. The predicted molar refractivity (Wildman–Crippen MR) is 58.5 cm³/mol. The van der Waals surface area contributed by atoms with Crippen LogP contribution in [0.5, 0.6) is 5.75 Å². The summed E-state index contributed by atoms with van der Waals surface area (Å²) >= 11 is 0. The minimum absolute atomic E-state index is 0.220. The lowest BCUT2D eigenvalue weighted by Crippen LogP contribution is -2.34. The van der Waals surface area contributed by atoms with Gasteiger partial charge in [0.1, 0.15) is 5.82 Å². The smallest absolute Gasteiger partial charge is 0.155 e. The zero-order valence-corrected chi connectivity index (χ0v) is 9.00. The summed E-state index contributed by atoms with van der Waals surface area (Å²) in [6, 6.07) is 5.00. The van der Waals surface area contributed by atoms with Crippen molar-refractivity contribution in [3.8, 4) is 5.75 Å². The molecule has 3 rings (SSSR count). The van der Waals surface area contributed by atoms with E-state index in [0.717, 1.165) is 31.5 Å². The molecule has 2 aliphatic rings. The van der Waals surface area contributed by atoms with E-state index in [0.29, 0.717) is 11.7 Å². The van der Waals surface area contributed by atoms with Gasteiger partial charge >= 0.3 is 0 Å². The Bertz CT molecular complexity index is 391. The number of fused-ring (bicyclic) bond motifs is 1. The lowest BCUT2D eigenvalue weighted by atomic mass is 9.86. The first-order valence-corrected chi connectivity index (χ1v) is 5.77. The standard InChI is InChI=1S/C12H15FN2O/c13-9-1-2-10-11(7-9)16-15-12(10)8-3-5-14-6-4-8/h1-2,7-8,12,14-15H,3-6H2. The molecule has 3 nitrogen and oxygen atoms in total. The summed E-state index contributed by atoms with van der Waals surface area (Å²) in [6.07, 6.45) is 2.27. The van der Waals surface area contributed by atoms with Crippen molar-refractivity contribution in [3.05, 3.63) is 29.6 Å². The summed E-state index contributed by atoms with van der Waals surface area (Å²) in [7, 11) is 0. The summed E-state index contributed by atoms with van der Waals surface area (Å²) < 4.78 is 13.0. The number of benzene rings is 1. The van der Waals surface area contributed by atoms with Gasteiger partial charge in [-0.25, -0.2) is 4.39 Å². The number of halogens is 1. The quantitative estimate of drug-likeness (QED) is 0.759. The lowest BCUT2D eigenvalue weighted by Gasteiger charge is -2.27. The molecule has 1 atom stereocenters. The molecule has 2 N–H and O–H groups in total. The van der Waals surface area contributed by atoms with Crippen molar-refractivity contribution in [2.24, 2.45) is 5.92 Å². The average molecular weight is 222 g/mol. The molecule has 4 heteroatoms. The Morgan fingerprint density at radius 3 is 2.88 bits per heavy atom. The Morgan fingerprint density at radius 1 is 1.25 bits per heavy atom. The molecule has 0 spiro atoms. The molecule has 0 saturated carbocycles. The Hall–Kier alpha value is -1.13. The normalized spacial score (nSPS) is 25.2. The first-order chi connectivity index (χ1) is 7.84. The lowest BCUT2D eigenvalue weighted by molar-refractivity contribution is 0.147. The fourth-order valence-electron chi connectivity index (χ4n) is 2.57. The second-order valence-electron chi connectivity index (χ2n) is 4.47. The summed E-state index contributed by atoms with van der Waals surface area (Å²) in [5.74, 6) is 0.975.